The molecule has 0 aromatic heterocycles. The minimum absolute atomic E-state index is 0.101. The first-order chi connectivity index (χ1) is 10.7. The third kappa shape index (κ3) is 8.72. The summed E-state index contributed by atoms with van der Waals surface area (Å²) in [5.74, 6) is -0.101. The fraction of sp³-hybridized carbons (Fsp3) is 0.200. The molecule has 0 aliphatic carbocycles. The van der Waals surface area contributed by atoms with Crippen molar-refractivity contribution < 1.29 is 26.3 Å². The van der Waals surface area contributed by atoms with E-state index in [2.05, 4.69) is 9.46 Å². The zero-order chi connectivity index (χ0) is 17.3. The summed E-state index contributed by atoms with van der Waals surface area (Å²) in [6.07, 6.45) is 0.540. The molecular formula is C15H16F3NO3S. The van der Waals surface area contributed by atoms with Gasteiger partial charge in [-0.1, -0.05) is 24.3 Å². The predicted octanol–water partition coefficient (Wildman–Crippen LogP) is 3.98. The van der Waals surface area contributed by atoms with E-state index < -0.39 is 22.8 Å². The third-order valence-corrected chi connectivity index (χ3v) is 3.32. The second kappa shape index (κ2) is 8.42. The first kappa shape index (κ1) is 18.8. The number of alkyl halides is 3. The Morgan fingerprint density at radius 1 is 1.26 bits per heavy atom. The summed E-state index contributed by atoms with van der Waals surface area (Å²) in [5.41, 5.74) is 0.378. The van der Waals surface area contributed by atoms with E-state index in [9.17, 15) is 21.6 Å². The van der Waals surface area contributed by atoms with E-state index in [-0.39, 0.29) is 5.76 Å². The average Bonchev–Trinajstić information content (AvgIpc) is 2.44. The molecule has 0 bridgehead atoms. The van der Waals surface area contributed by atoms with Gasteiger partial charge in [0.1, 0.15) is 5.76 Å². The van der Waals surface area contributed by atoms with Crippen LogP contribution in [-0.4, -0.2) is 21.2 Å². The lowest BCUT2D eigenvalue weighted by Gasteiger charge is -2.09. The van der Waals surface area contributed by atoms with Gasteiger partial charge in [0.2, 0.25) is 0 Å². The smallest absolute Gasteiger partial charge is 0.422 e. The SMILES string of the molecule is C\C=C/C(=C\C=C\S(=O)(=O)Nc1ccccc1)OCC(F)(F)F. The summed E-state index contributed by atoms with van der Waals surface area (Å²) >= 11 is 0. The van der Waals surface area contributed by atoms with Gasteiger partial charge in [0.05, 0.1) is 5.41 Å². The molecule has 1 aromatic rings. The van der Waals surface area contributed by atoms with Crippen molar-refractivity contribution in [1.82, 2.24) is 0 Å². The highest BCUT2D eigenvalue weighted by molar-refractivity contribution is 7.95. The Kier molecular flexibility index (Phi) is 6.89. The van der Waals surface area contributed by atoms with E-state index >= 15 is 0 Å². The highest BCUT2D eigenvalue weighted by Crippen LogP contribution is 2.17. The number of para-hydroxylation sites is 1. The maximum absolute atomic E-state index is 12.1. The van der Waals surface area contributed by atoms with Gasteiger partial charge in [-0.25, -0.2) is 8.42 Å². The topological polar surface area (TPSA) is 55.4 Å². The molecule has 0 heterocycles. The highest BCUT2D eigenvalue weighted by atomic mass is 32.2. The summed E-state index contributed by atoms with van der Waals surface area (Å²) in [7, 11) is -3.77. The van der Waals surface area contributed by atoms with Crippen molar-refractivity contribution in [3.8, 4) is 0 Å². The number of hydrogen-bond acceptors (Lipinski definition) is 3. The Bertz CT molecular complexity index is 678. The third-order valence-electron chi connectivity index (χ3n) is 2.29. The van der Waals surface area contributed by atoms with Crippen molar-refractivity contribution in [2.24, 2.45) is 0 Å². The van der Waals surface area contributed by atoms with Crippen LogP contribution in [0, 0.1) is 0 Å². The lowest BCUT2D eigenvalue weighted by Crippen LogP contribution is -2.16. The van der Waals surface area contributed by atoms with Crippen molar-refractivity contribution >= 4 is 15.7 Å². The molecule has 126 valence electrons. The van der Waals surface area contributed by atoms with E-state index in [0.717, 1.165) is 17.6 Å². The minimum atomic E-state index is -4.47. The summed E-state index contributed by atoms with van der Waals surface area (Å²) < 4.78 is 66.8. The van der Waals surface area contributed by atoms with Crippen LogP contribution in [0.25, 0.3) is 0 Å². The minimum Gasteiger partial charge on any atom is -0.484 e. The first-order valence-electron chi connectivity index (χ1n) is 6.50. The van der Waals surface area contributed by atoms with Crippen molar-refractivity contribution in [1.29, 1.82) is 0 Å². The number of benzene rings is 1. The summed E-state index contributed by atoms with van der Waals surface area (Å²) in [4.78, 5) is 0. The van der Waals surface area contributed by atoms with E-state index in [1.807, 2.05) is 0 Å². The molecule has 1 aromatic carbocycles. The van der Waals surface area contributed by atoms with Crippen LogP contribution in [0.5, 0.6) is 0 Å². The maximum Gasteiger partial charge on any atom is 0.422 e. The molecule has 8 heteroatoms. The molecule has 1 N–H and O–H groups in total. The standard InChI is InChI=1S/C15H16F3NO3S/c1-2-7-14(22-12-15(16,17)18)10-6-11-23(20,21)19-13-8-4-3-5-9-13/h2-11,19H,12H2,1H3/b7-2-,11-6+,14-10+. The number of rotatable bonds is 7. The normalized spacial score (nSPS) is 13.7. The summed E-state index contributed by atoms with van der Waals surface area (Å²) in [6.45, 7) is 0.147. The molecule has 1 rings (SSSR count). The first-order valence-corrected chi connectivity index (χ1v) is 8.05. The van der Waals surface area contributed by atoms with Gasteiger partial charge in [0.25, 0.3) is 10.0 Å². The molecule has 0 unspecified atom stereocenters. The van der Waals surface area contributed by atoms with Gasteiger partial charge in [-0.05, 0) is 37.3 Å². The Labute approximate surface area is 133 Å². The van der Waals surface area contributed by atoms with Crippen molar-refractivity contribution in [3.63, 3.8) is 0 Å². The second-order valence-corrected chi connectivity index (χ2v) is 5.88. The van der Waals surface area contributed by atoms with E-state index in [1.165, 1.54) is 12.2 Å². The molecule has 0 aliphatic rings. The largest absolute Gasteiger partial charge is 0.484 e. The Morgan fingerprint density at radius 2 is 1.91 bits per heavy atom. The number of allylic oxidation sites excluding steroid dienone is 4. The van der Waals surface area contributed by atoms with E-state index in [0.29, 0.717) is 5.69 Å². The summed E-state index contributed by atoms with van der Waals surface area (Å²) in [6, 6.07) is 8.20. The molecule has 0 saturated carbocycles. The average molecular weight is 347 g/mol. The van der Waals surface area contributed by atoms with Gasteiger partial charge >= 0.3 is 6.18 Å². The fourth-order valence-corrected chi connectivity index (χ4v) is 2.24. The predicted molar refractivity (Wildman–Crippen MR) is 83.0 cm³/mol. The molecule has 0 spiro atoms. The highest BCUT2D eigenvalue weighted by Gasteiger charge is 2.28. The summed E-state index contributed by atoms with van der Waals surface area (Å²) in [5, 5.41) is 0.834. The molecule has 0 atom stereocenters. The zero-order valence-electron chi connectivity index (χ0n) is 12.2. The van der Waals surface area contributed by atoms with Crippen LogP contribution in [0.4, 0.5) is 18.9 Å². The van der Waals surface area contributed by atoms with Crippen LogP contribution < -0.4 is 4.72 Å². The van der Waals surface area contributed by atoms with Crippen LogP contribution >= 0.6 is 0 Å². The Morgan fingerprint density at radius 3 is 2.48 bits per heavy atom. The van der Waals surface area contributed by atoms with Crippen LogP contribution in [0.15, 0.2) is 65.8 Å². The van der Waals surface area contributed by atoms with Crippen molar-refractivity contribution in [2.75, 3.05) is 11.3 Å². The molecule has 0 saturated heterocycles. The van der Waals surface area contributed by atoms with Crippen molar-refractivity contribution in [3.05, 3.63) is 65.8 Å². The van der Waals surface area contributed by atoms with Gasteiger partial charge in [-0.2, -0.15) is 13.2 Å². The van der Waals surface area contributed by atoms with Crippen LogP contribution in [0.1, 0.15) is 6.92 Å². The van der Waals surface area contributed by atoms with Gasteiger partial charge in [-0.3, -0.25) is 4.72 Å². The molecule has 4 nitrogen and oxygen atoms in total. The lowest BCUT2D eigenvalue weighted by atomic mass is 10.3. The van der Waals surface area contributed by atoms with E-state index in [4.69, 9.17) is 0 Å². The van der Waals surface area contributed by atoms with Crippen LogP contribution in [0.3, 0.4) is 0 Å². The fourth-order valence-electron chi connectivity index (χ4n) is 1.42. The molecule has 0 aliphatic heterocycles. The number of hydrogen-bond donors (Lipinski definition) is 1. The number of nitrogens with one attached hydrogen (secondary N) is 1. The monoisotopic (exact) mass is 347 g/mol. The van der Waals surface area contributed by atoms with Gasteiger partial charge in [-0.15, -0.1) is 0 Å². The van der Waals surface area contributed by atoms with Crippen LogP contribution in [-0.2, 0) is 14.8 Å². The maximum atomic E-state index is 12.1. The molecule has 0 fully saturated rings. The van der Waals surface area contributed by atoms with E-state index in [1.54, 1.807) is 37.3 Å². The molecule has 0 radical (unpaired) electrons. The lowest BCUT2D eigenvalue weighted by molar-refractivity contribution is -0.163. The van der Waals surface area contributed by atoms with Crippen molar-refractivity contribution in [2.45, 2.75) is 13.1 Å². The Balaban J connectivity index is 2.75. The van der Waals surface area contributed by atoms with Gasteiger partial charge < -0.3 is 4.74 Å². The van der Waals surface area contributed by atoms with Crippen LogP contribution in [0.2, 0.25) is 0 Å². The molecule has 0 amide bonds. The Hall–Kier alpha value is -2.22. The number of anilines is 1. The second-order valence-electron chi connectivity index (χ2n) is 4.31. The number of sulfonamides is 1. The van der Waals surface area contributed by atoms with Gasteiger partial charge in [0, 0.05) is 5.69 Å². The number of halogens is 3. The van der Waals surface area contributed by atoms with Gasteiger partial charge in [0.15, 0.2) is 6.61 Å². The molecular weight excluding hydrogens is 331 g/mol. The quantitative estimate of drug-likeness (QED) is 0.599. The number of ether oxygens (including phenoxy) is 1. The molecule has 23 heavy (non-hydrogen) atoms. The zero-order valence-corrected chi connectivity index (χ0v) is 13.1.